The van der Waals surface area contributed by atoms with Crippen LogP contribution in [0.1, 0.15) is 5.56 Å². The van der Waals surface area contributed by atoms with Crippen LogP contribution in [0.2, 0.25) is 0 Å². The number of sulfone groups is 1. The molecule has 0 saturated carbocycles. The van der Waals surface area contributed by atoms with Crippen LogP contribution in [0, 0.1) is 10.1 Å². The number of nitro groups is 1. The second kappa shape index (κ2) is 8.29. The summed E-state index contributed by atoms with van der Waals surface area (Å²) in [6.45, 7) is -0.250. The highest BCUT2D eigenvalue weighted by atomic mass is 79.9. The van der Waals surface area contributed by atoms with Crippen molar-refractivity contribution >= 4 is 43.3 Å². The Morgan fingerprint density at radius 2 is 1.83 bits per heavy atom. The Morgan fingerprint density at radius 1 is 1.21 bits per heavy atom. The highest BCUT2D eigenvalue weighted by molar-refractivity contribution is 9.10. The Labute approximate surface area is 174 Å². The molecule has 2 unspecified atom stereocenters. The van der Waals surface area contributed by atoms with Gasteiger partial charge >= 0.3 is 5.97 Å². The van der Waals surface area contributed by atoms with Crippen LogP contribution in [0.15, 0.2) is 59.5 Å². The van der Waals surface area contributed by atoms with Crippen molar-refractivity contribution in [3.05, 3.63) is 70.3 Å². The van der Waals surface area contributed by atoms with Gasteiger partial charge in [-0.15, -0.1) is 0 Å². The fourth-order valence-corrected chi connectivity index (χ4v) is 4.94. The van der Waals surface area contributed by atoms with Crippen LogP contribution < -0.4 is 0 Å². The third-order valence-corrected chi connectivity index (χ3v) is 6.93. The lowest BCUT2D eigenvalue weighted by Gasteiger charge is -2.39. The third kappa shape index (κ3) is 4.30. The summed E-state index contributed by atoms with van der Waals surface area (Å²) in [5.74, 6) is -1.62. The van der Waals surface area contributed by atoms with Gasteiger partial charge in [0.25, 0.3) is 5.69 Å². The van der Waals surface area contributed by atoms with E-state index in [0.717, 1.165) is 4.90 Å². The number of likely N-dealkylation sites (tertiary alicyclic amines) is 1. The number of esters is 1. The van der Waals surface area contributed by atoms with E-state index in [1.54, 1.807) is 6.07 Å². The molecule has 0 bridgehead atoms. The van der Waals surface area contributed by atoms with Crippen molar-refractivity contribution in [1.82, 2.24) is 4.90 Å². The van der Waals surface area contributed by atoms with E-state index in [2.05, 4.69) is 15.9 Å². The van der Waals surface area contributed by atoms with Gasteiger partial charge in [0.2, 0.25) is 21.1 Å². The SMILES string of the molecule is O=C(OCc1ccc([N+](=O)[O-])cc1)C(N1CC(Br)C1=O)S(=O)(=O)c1ccccc1. The third-order valence-electron chi connectivity index (χ3n) is 4.29. The van der Waals surface area contributed by atoms with Crippen LogP contribution in [-0.2, 0) is 30.8 Å². The number of hydrogen-bond donors (Lipinski definition) is 0. The molecule has 1 amide bonds. The number of carbonyl (C=O) groups is 2. The number of amides is 1. The lowest BCUT2D eigenvalue weighted by molar-refractivity contribution is -0.384. The first-order valence-electron chi connectivity index (χ1n) is 8.35. The van der Waals surface area contributed by atoms with Gasteiger partial charge in [0.05, 0.1) is 9.82 Å². The molecule has 1 heterocycles. The van der Waals surface area contributed by atoms with E-state index >= 15 is 0 Å². The Kier molecular flexibility index (Phi) is 5.99. The van der Waals surface area contributed by atoms with E-state index in [-0.39, 0.29) is 23.7 Å². The van der Waals surface area contributed by atoms with Gasteiger partial charge in [0, 0.05) is 18.7 Å². The number of ether oxygens (including phenoxy) is 1. The van der Waals surface area contributed by atoms with Crippen molar-refractivity contribution in [2.75, 3.05) is 6.54 Å². The minimum atomic E-state index is -4.22. The van der Waals surface area contributed by atoms with Gasteiger partial charge in [-0.25, -0.2) is 13.2 Å². The molecule has 1 aliphatic heterocycles. The number of carbonyl (C=O) groups excluding carboxylic acids is 2. The van der Waals surface area contributed by atoms with E-state index in [9.17, 15) is 28.1 Å². The quantitative estimate of drug-likeness (QED) is 0.194. The predicted octanol–water partition coefficient (Wildman–Crippen LogP) is 2.04. The van der Waals surface area contributed by atoms with Crippen molar-refractivity contribution < 1.29 is 27.7 Å². The van der Waals surface area contributed by atoms with Gasteiger partial charge in [-0.1, -0.05) is 34.1 Å². The van der Waals surface area contributed by atoms with Crippen molar-refractivity contribution in [2.45, 2.75) is 21.7 Å². The number of halogens is 1. The zero-order valence-electron chi connectivity index (χ0n) is 14.8. The van der Waals surface area contributed by atoms with Gasteiger partial charge < -0.3 is 9.64 Å². The van der Waals surface area contributed by atoms with Gasteiger partial charge in [-0.05, 0) is 29.8 Å². The standard InChI is InChI=1S/C18H15BrN2O7S/c19-15-10-20(16(15)22)17(29(26,27)14-4-2-1-3-5-14)18(23)28-11-12-6-8-13(9-7-12)21(24)25/h1-9,15,17H,10-11H2. The molecule has 2 aromatic carbocycles. The predicted molar refractivity (Wildman–Crippen MR) is 105 cm³/mol. The lowest BCUT2D eigenvalue weighted by atomic mass is 10.2. The molecule has 9 nitrogen and oxygen atoms in total. The number of nitrogens with zero attached hydrogens (tertiary/aromatic N) is 2. The van der Waals surface area contributed by atoms with Gasteiger partial charge in [-0.2, -0.15) is 0 Å². The molecule has 11 heteroatoms. The fourth-order valence-electron chi connectivity index (χ4n) is 2.72. The lowest BCUT2D eigenvalue weighted by Crippen LogP contribution is -2.62. The number of β-lactam (4-membered cyclic amide) rings is 1. The minimum absolute atomic E-state index is 0.0438. The molecule has 0 N–H and O–H groups in total. The van der Waals surface area contributed by atoms with Crippen LogP contribution in [0.3, 0.4) is 0 Å². The molecule has 2 atom stereocenters. The molecule has 3 rings (SSSR count). The summed E-state index contributed by atoms with van der Waals surface area (Å²) >= 11 is 3.11. The van der Waals surface area contributed by atoms with Crippen molar-refractivity contribution in [3.8, 4) is 0 Å². The molecule has 1 saturated heterocycles. The molecule has 2 aromatic rings. The molecular formula is C18H15BrN2O7S. The first-order valence-corrected chi connectivity index (χ1v) is 10.8. The summed E-state index contributed by atoms with van der Waals surface area (Å²) in [4.78, 5) is 35.2. The average Bonchev–Trinajstić information content (AvgIpc) is 2.72. The maximum atomic E-state index is 13.0. The molecule has 0 spiro atoms. The van der Waals surface area contributed by atoms with Crippen LogP contribution in [-0.4, -0.2) is 46.9 Å². The second-order valence-electron chi connectivity index (χ2n) is 6.20. The molecule has 0 radical (unpaired) electrons. The summed E-state index contributed by atoms with van der Waals surface area (Å²) < 4.78 is 31.2. The van der Waals surface area contributed by atoms with Crippen LogP contribution in [0.25, 0.3) is 0 Å². The minimum Gasteiger partial charge on any atom is -0.458 e. The van der Waals surface area contributed by atoms with Crippen molar-refractivity contribution in [3.63, 3.8) is 0 Å². The van der Waals surface area contributed by atoms with Crippen molar-refractivity contribution in [2.24, 2.45) is 0 Å². The number of hydrogen-bond acceptors (Lipinski definition) is 7. The highest BCUT2D eigenvalue weighted by Crippen LogP contribution is 2.28. The van der Waals surface area contributed by atoms with E-state index in [1.807, 2.05) is 0 Å². The zero-order chi connectivity index (χ0) is 21.2. The molecule has 152 valence electrons. The fraction of sp³-hybridized carbons (Fsp3) is 0.222. The maximum Gasteiger partial charge on any atom is 0.345 e. The summed E-state index contributed by atoms with van der Waals surface area (Å²) in [5, 5.41) is 8.88. The first-order chi connectivity index (χ1) is 13.7. The van der Waals surface area contributed by atoms with Crippen LogP contribution in [0.4, 0.5) is 5.69 Å². The Hall–Kier alpha value is -2.79. The zero-order valence-corrected chi connectivity index (χ0v) is 17.2. The van der Waals surface area contributed by atoms with Crippen molar-refractivity contribution in [1.29, 1.82) is 0 Å². The number of nitro benzene ring substituents is 1. The van der Waals surface area contributed by atoms with Crippen LogP contribution in [0.5, 0.6) is 0 Å². The number of benzene rings is 2. The molecular weight excluding hydrogens is 468 g/mol. The molecule has 1 aliphatic rings. The number of non-ortho nitro benzene ring substituents is 1. The summed E-state index contributed by atoms with van der Waals surface area (Å²) in [6, 6.07) is 12.6. The van der Waals surface area contributed by atoms with Gasteiger partial charge in [0.15, 0.2) is 0 Å². The number of alkyl halides is 1. The first kappa shape index (κ1) is 20.9. The second-order valence-corrected chi connectivity index (χ2v) is 9.31. The van der Waals surface area contributed by atoms with E-state index in [0.29, 0.717) is 5.56 Å². The highest BCUT2D eigenvalue weighted by Gasteiger charge is 2.49. The molecule has 1 fully saturated rings. The number of rotatable bonds is 7. The van der Waals surface area contributed by atoms with E-state index in [4.69, 9.17) is 4.74 Å². The summed E-state index contributed by atoms with van der Waals surface area (Å²) in [7, 11) is -4.22. The normalized spacial score (nSPS) is 17.3. The Morgan fingerprint density at radius 3 is 2.34 bits per heavy atom. The monoisotopic (exact) mass is 482 g/mol. The summed E-state index contributed by atoms with van der Waals surface area (Å²) in [6.07, 6.45) is 0. The summed E-state index contributed by atoms with van der Waals surface area (Å²) in [5.41, 5.74) is 0.312. The maximum absolute atomic E-state index is 13.0. The molecule has 0 aromatic heterocycles. The van der Waals surface area contributed by atoms with Gasteiger partial charge in [-0.3, -0.25) is 14.9 Å². The topological polar surface area (TPSA) is 124 Å². The van der Waals surface area contributed by atoms with Gasteiger partial charge in [0.1, 0.15) is 11.4 Å². The molecule has 29 heavy (non-hydrogen) atoms. The Bertz CT molecular complexity index is 1040. The van der Waals surface area contributed by atoms with E-state index < -0.39 is 36.8 Å². The Balaban J connectivity index is 1.81. The average molecular weight is 483 g/mol. The molecule has 0 aliphatic carbocycles. The smallest absolute Gasteiger partial charge is 0.345 e. The largest absolute Gasteiger partial charge is 0.458 e. The van der Waals surface area contributed by atoms with E-state index in [1.165, 1.54) is 48.5 Å². The van der Waals surface area contributed by atoms with Crippen LogP contribution >= 0.6 is 15.9 Å².